The number of phenols is 1. The zero-order valence-corrected chi connectivity index (χ0v) is 9.93. The molecule has 0 saturated carbocycles. The number of carbonyl (C=O) groups is 1. The molecule has 2 unspecified atom stereocenters. The number of carbonyl (C=O) groups excluding carboxylic acids is 1. The van der Waals surface area contributed by atoms with E-state index in [4.69, 9.17) is 4.74 Å². The molecule has 0 heterocycles. The number of benzene rings is 1. The first-order chi connectivity index (χ1) is 7.56. The first-order valence-electron chi connectivity index (χ1n) is 5.51. The topological polar surface area (TPSA) is 46.5 Å². The maximum atomic E-state index is 11.6. The molecule has 1 N–H and O–H groups in total. The number of ether oxygens (including phenoxy) is 1. The summed E-state index contributed by atoms with van der Waals surface area (Å²) >= 11 is 0. The molecule has 3 heteroatoms. The van der Waals surface area contributed by atoms with Crippen LogP contribution in [-0.4, -0.2) is 17.7 Å². The van der Waals surface area contributed by atoms with Gasteiger partial charge in [-0.25, -0.2) is 0 Å². The molecule has 0 spiro atoms. The number of hydrogen-bond donors (Lipinski definition) is 1. The predicted octanol–water partition coefficient (Wildman–Crippen LogP) is 2.69. The average Bonchev–Trinajstić information content (AvgIpc) is 2.27. The molecule has 88 valence electrons. The standard InChI is InChI=1S/C13H18O3/c1-4-16-13(15)10(3)9(2)11-6-5-7-12(14)8-11/h5-10,14H,4H2,1-3H3. The summed E-state index contributed by atoms with van der Waals surface area (Å²) < 4.78 is 4.98. The van der Waals surface area contributed by atoms with Crippen LogP contribution in [0.1, 0.15) is 32.3 Å². The maximum Gasteiger partial charge on any atom is 0.309 e. The van der Waals surface area contributed by atoms with Crippen LogP contribution in [0.15, 0.2) is 24.3 Å². The van der Waals surface area contributed by atoms with Gasteiger partial charge in [-0.15, -0.1) is 0 Å². The molecule has 1 aromatic carbocycles. The van der Waals surface area contributed by atoms with E-state index in [2.05, 4.69) is 0 Å². The quantitative estimate of drug-likeness (QED) is 0.797. The van der Waals surface area contributed by atoms with Gasteiger partial charge in [-0.05, 0) is 30.5 Å². The minimum absolute atomic E-state index is 0.0335. The molecule has 0 aliphatic carbocycles. The van der Waals surface area contributed by atoms with Crippen LogP contribution in [0.5, 0.6) is 5.75 Å². The van der Waals surface area contributed by atoms with E-state index in [1.165, 1.54) is 0 Å². The first-order valence-corrected chi connectivity index (χ1v) is 5.51. The molecule has 16 heavy (non-hydrogen) atoms. The van der Waals surface area contributed by atoms with Gasteiger partial charge >= 0.3 is 5.97 Å². The second-order valence-electron chi connectivity index (χ2n) is 3.92. The zero-order chi connectivity index (χ0) is 12.1. The minimum Gasteiger partial charge on any atom is -0.508 e. The Balaban J connectivity index is 2.77. The fourth-order valence-electron chi connectivity index (χ4n) is 1.57. The number of hydrogen-bond acceptors (Lipinski definition) is 3. The lowest BCUT2D eigenvalue weighted by molar-refractivity contribution is -0.148. The molecule has 1 rings (SSSR count). The second-order valence-corrected chi connectivity index (χ2v) is 3.92. The van der Waals surface area contributed by atoms with Crippen molar-refractivity contribution in [2.45, 2.75) is 26.7 Å². The summed E-state index contributed by atoms with van der Waals surface area (Å²) in [4.78, 5) is 11.6. The van der Waals surface area contributed by atoms with E-state index in [0.717, 1.165) is 5.56 Å². The van der Waals surface area contributed by atoms with E-state index < -0.39 is 0 Å². The van der Waals surface area contributed by atoms with Crippen molar-refractivity contribution in [2.24, 2.45) is 5.92 Å². The van der Waals surface area contributed by atoms with Crippen LogP contribution < -0.4 is 0 Å². The van der Waals surface area contributed by atoms with Gasteiger partial charge in [0.05, 0.1) is 12.5 Å². The van der Waals surface area contributed by atoms with Gasteiger partial charge in [-0.1, -0.05) is 26.0 Å². The highest BCUT2D eigenvalue weighted by atomic mass is 16.5. The van der Waals surface area contributed by atoms with Crippen LogP contribution in [0, 0.1) is 5.92 Å². The Morgan fingerprint density at radius 1 is 1.44 bits per heavy atom. The molecule has 3 nitrogen and oxygen atoms in total. The molecule has 0 radical (unpaired) electrons. The number of aromatic hydroxyl groups is 1. The molecule has 1 aromatic rings. The predicted molar refractivity (Wildman–Crippen MR) is 62.3 cm³/mol. The largest absolute Gasteiger partial charge is 0.508 e. The molecule has 0 fully saturated rings. The minimum atomic E-state index is -0.207. The molecule has 2 atom stereocenters. The normalized spacial score (nSPS) is 14.2. The van der Waals surface area contributed by atoms with Crippen molar-refractivity contribution in [1.29, 1.82) is 0 Å². The van der Waals surface area contributed by atoms with Crippen LogP contribution >= 0.6 is 0 Å². The van der Waals surface area contributed by atoms with Gasteiger partial charge in [-0.3, -0.25) is 4.79 Å². The fraction of sp³-hybridized carbons (Fsp3) is 0.462. The van der Waals surface area contributed by atoms with Gasteiger partial charge in [-0.2, -0.15) is 0 Å². The molecule has 0 aliphatic heterocycles. The van der Waals surface area contributed by atoms with Gasteiger partial charge in [0.1, 0.15) is 5.75 Å². The Hall–Kier alpha value is -1.51. The maximum absolute atomic E-state index is 11.6. The van der Waals surface area contributed by atoms with Crippen LogP contribution in [-0.2, 0) is 9.53 Å². The van der Waals surface area contributed by atoms with Crippen molar-refractivity contribution in [3.8, 4) is 5.75 Å². The van der Waals surface area contributed by atoms with Crippen LogP contribution in [0.2, 0.25) is 0 Å². The zero-order valence-electron chi connectivity index (χ0n) is 9.93. The third kappa shape index (κ3) is 2.99. The van der Waals surface area contributed by atoms with E-state index in [0.29, 0.717) is 6.61 Å². The molecule has 0 saturated heterocycles. The van der Waals surface area contributed by atoms with Gasteiger partial charge in [0.15, 0.2) is 0 Å². The van der Waals surface area contributed by atoms with Crippen LogP contribution in [0.3, 0.4) is 0 Å². The smallest absolute Gasteiger partial charge is 0.309 e. The molecular weight excluding hydrogens is 204 g/mol. The van der Waals surface area contributed by atoms with Gasteiger partial charge < -0.3 is 9.84 Å². The summed E-state index contributed by atoms with van der Waals surface area (Å²) in [5.41, 5.74) is 0.945. The lowest BCUT2D eigenvalue weighted by Gasteiger charge is -2.18. The third-order valence-electron chi connectivity index (χ3n) is 2.80. The summed E-state index contributed by atoms with van der Waals surface area (Å²) in [6, 6.07) is 6.98. The molecule has 0 amide bonds. The van der Waals surface area contributed by atoms with Gasteiger partial charge in [0.25, 0.3) is 0 Å². The van der Waals surface area contributed by atoms with Crippen molar-refractivity contribution >= 4 is 5.97 Å². The highest BCUT2D eigenvalue weighted by Gasteiger charge is 2.22. The van der Waals surface area contributed by atoms with Crippen molar-refractivity contribution in [2.75, 3.05) is 6.61 Å². The van der Waals surface area contributed by atoms with Crippen molar-refractivity contribution in [3.05, 3.63) is 29.8 Å². The highest BCUT2D eigenvalue weighted by Crippen LogP contribution is 2.27. The molecule has 0 aliphatic rings. The summed E-state index contributed by atoms with van der Waals surface area (Å²) in [7, 11) is 0. The lowest BCUT2D eigenvalue weighted by atomic mass is 9.89. The summed E-state index contributed by atoms with van der Waals surface area (Å²) in [5.74, 6) is -0.147. The second kappa shape index (κ2) is 5.54. The Morgan fingerprint density at radius 2 is 2.12 bits per heavy atom. The van der Waals surface area contributed by atoms with Crippen molar-refractivity contribution in [3.63, 3.8) is 0 Å². The molecule has 0 aromatic heterocycles. The Kier molecular flexibility index (Phi) is 4.35. The number of phenolic OH excluding ortho intramolecular Hbond substituents is 1. The van der Waals surface area contributed by atoms with Gasteiger partial charge in [0, 0.05) is 0 Å². The van der Waals surface area contributed by atoms with E-state index in [1.54, 1.807) is 25.1 Å². The third-order valence-corrected chi connectivity index (χ3v) is 2.80. The fourth-order valence-corrected chi connectivity index (χ4v) is 1.57. The van der Waals surface area contributed by atoms with E-state index in [-0.39, 0.29) is 23.6 Å². The van der Waals surface area contributed by atoms with Crippen molar-refractivity contribution < 1.29 is 14.6 Å². The Morgan fingerprint density at radius 3 is 2.69 bits per heavy atom. The first kappa shape index (κ1) is 12.6. The highest BCUT2D eigenvalue weighted by molar-refractivity contribution is 5.73. The summed E-state index contributed by atoms with van der Waals surface area (Å²) in [6.45, 7) is 5.99. The molecule has 0 bridgehead atoms. The van der Waals surface area contributed by atoms with E-state index in [1.807, 2.05) is 19.9 Å². The van der Waals surface area contributed by atoms with E-state index >= 15 is 0 Å². The molecular formula is C13H18O3. The number of esters is 1. The van der Waals surface area contributed by atoms with Gasteiger partial charge in [0.2, 0.25) is 0 Å². The SMILES string of the molecule is CCOC(=O)C(C)C(C)c1cccc(O)c1. The number of rotatable bonds is 4. The van der Waals surface area contributed by atoms with Crippen LogP contribution in [0.4, 0.5) is 0 Å². The Bertz CT molecular complexity index is 360. The summed E-state index contributed by atoms with van der Waals surface area (Å²) in [6.07, 6.45) is 0. The van der Waals surface area contributed by atoms with Crippen LogP contribution in [0.25, 0.3) is 0 Å². The Labute approximate surface area is 96.1 Å². The monoisotopic (exact) mass is 222 g/mol. The summed E-state index contributed by atoms with van der Waals surface area (Å²) in [5, 5.41) is 9.37. The van der Waals surface area contributed by atoms with Crippen molar-refractivity contribution in [1.82, 2.24) is 0 Å². The van der Waals surface area contributed by atoms with E-state index in [9.17, 15) is 9.90 Å². The lowest BCUT2D eigenvalue weighted by Crippen LogP contribution is -2.20. The average molecular weight is 222 g/mol.